The molecular formula is C22H21N5. The van der Waals surface area contributed by atoms with Crippen LogP contribution in [0.3, 0.4) is 0 Å². The number of hydrogen-bond acceptors (Lipinski definition) is 4. The minimum absolute atomic E-state index is 0.155. The Kier molecular flexibility index (Phi) is 4.75. The molecule has 0 aliphatic carbocycles. The second-order valence-electron chi connectivity index (χ2n) is 6.65. The van der Waals surface area contributed by atoms with Crippen LogP contribution in [0.15, 0.2) is 67.4 Å². The van der Waals surface area contributed by atoms with Crippen LogP contribution in [0.5, 0.6) is 0 Å². The fraction of sp³-hybridized carbons (Fsp3) is 0.182. The Balaban J connectivity index is 1.79. The highest BCUT2D eigenvalue weighted by Gasteiger charge is 2.20. The summed E-state index contributed by atoms with van der Waals surface area (Å²) in [6, 6.07) is 12.3. The van der Waals surface area contributed by atoms with Gasteiger partial charge in [-0.1, -0.05) is 18.2 Å². The van der Waals surface area contributed by atoms with E-state index < -0.39 is 0 Å². The number of hydrogen-bond donors (Lipinski definition) is 1. The van der Waals surface area contributed by atoms with Crippen molar-refractivity contribution in [3.63, 3.8) is 0 Å². The summed E-state index contributed by atoms with van der Waals surface area (Å²) in [6.07, 6.45) is 10.1. The van der Waals surface area contributed by atoms with Crippen molar-refractivity contribution in [2.45, 2.75) is 26.2 Å². The van der Waals surface area contributed by atoms with E-state index >= 15 is 0 Å². The first-order valence-corrected chi connectivity index (χ1v) is 8.99. The van der Waals surface area contributed by atoms with E-state index in [1.807, 2.05) is 50.6 Å². The van der Waals surface area contributed by atoms with Crippen molar-refractivity contribution in [3.05, 3.63) is 95.5 Å². The van der Waals surface area contributed by atoms with Gasteiger partial charge < -0.3 is 0 Å². The van der Waals surface area contributed by atoms with Crippen molar-refractivity contribution in [1.82, 2.24) is 25.1 Å². The van der Waals surface area contributed by atoms with Gasteiger partial charge in [0.2, 0.25) is 0 Å². The van der Waals surface area contributed by atoms with Gasteiger partial charge in [-0.15, -0.1) is 0 Å². The largest absolute Gasteiger partial charge is 0.282 e. The molecule has 1 N–H and O–H groups in total. The molecule has 27 heavy (non-hydrogen) atoms. The third kappa shape index (κ3) is 3.49. The fourth-order valence-corrected chi connectivity index (χ4v) is 3.54. The van der Waals surface area contributed by atoms with Gasteiger partial charge in [-0.05, 0) is 55.2 Å². The number of nitrogens with zero attached hydrogens (tertiary/aromatic N) is 4. The van der Waals surface area contributed by atoms with Gasteiger partial charge in [0.25, 0.3) is 0 Å². The summed E-state index contributed by atoms with van der Waals surface area (Å²) in [5.41, 5.74) is 7.59. The summed E-state index contributed by atoms with van der Waals surface area (Å²) in [6.45, 7) is 4.05. The van der Waals surface area contributed by atoms with Gasteiger partial charge in [-0.3, -0.25) is 20.1 Å². The van der Waals surface area contributed by atoms with E-state index in [1.54, 1.807) is 12.4 Å². The lowest BCUT2D eigenvalue weighted by Gasteiger charge is -2.19. The number of nitrogens with one attached hydrogen (secondary N) is 1. The molecule has 4 rings (SSSR count). The highest BCUT2D eigenvalue weighted by atomic mass is 15.1. The number of pyridine rings is 3. The average Bonchev–Trinajstić information content (AvgIpc) is 3.06. The molecule has 0 saturated carbocycles. The summed E-state index contributed by atoms with van der Waals surface area (Å²) < 4.78 is 0. The van der Waals surface area contributed by atoms with Crippen LogP contribution in [0.1, 0.15) is 34.0 Å². The van der Waals surface area contributed by atoms with Crippen LogP contribution in [0.4, 0.5) is 0 Å². The lowest BCUT2D eigenvalue weighted by Crippen LogP contribution is -2.08. The Bertz CT molecular complexity index is 966. The zero-order valence-corrected chi connectivity index (χ0v) is 15.4. The van der Waals surface area contributed by atoms with Crippen molar-refractivity contribution in [3.8, 4) is 11.3 Å². The Morgan fingerprint density at radius 1 is 0.889 bits per heavy atom. The summed E-state index contributed by atoms with van der Waals surface area (Å²) >= 11 is 0. The maximum absolute atomic E-state index is 4.69. The molecule has 0 fully saturated rings. The van der Waals surface area contributed by atoms with Crippen molar-refractivity contribution >= 4 is 0 Å². The molecule has 5 heteroatoms. The first-order valence-electron chi connectivity index (χ1n) is 8.99. The van der Waals surface area contributed by atoms with E-state index in [1.165, 1.54) is 16.7 Å². The first kappa shape index (κ1) is 17.1. The molecule has 0 spiro atoms. The lowest BCUT2D eigenvalue weighted by molar-refractivity contribution is 0.792. The predicted octanol–water partition coefficient (Wildman–Crippen LogP) is 4.25. The topological polar surface area (TPSA) is 67.3 Å². The molecule has 0 amide bonds. The highest BCUT2D eigenvalue weighted by Crippen LogP contribution is 2.33. The van der Waals surface area contributed by atoms with E-state index in [0.29, 0.717) is 0 Å². The Labute approximate surface area is 158 Å². The third-order valence-corrected chi connectivity index (χ3v) is 4.85. The Hall–Kier alpha value is -3.34. The molecule has 4 aromatic rings. The van der Waals surface area contributed by atoms with E-state index in [-0.39, 0.29) is 5.92 Å². The van der Waals surface area contributed by atoms with Gasteiger partial charge in [0, 0.05) is 48.2 Å². The summed E-state index contributed by atoms with van der Waals surface area (Å²) in [4.78, 5) is 13.3. The molecule has 4 aromatic heterocycles. The van der Waals surface area contributed by atoms with Gasteiger partial charge in [-0.2, -0.15) is 5.10 Å². The molecular weight excluding hydrogens is 334 g/mol. The fourth-order valence-electron chi connectivity index (χ4n) is 3.54. The lowest BCUT2D eigenvalue weighted by atomic mass is 9.86. The smallest absolute Gasteiger partial charge is 0.0771 e. The molecule has 0 radical (unpaired) electrons. The summed E-state index contributed by atoms with van der Waals surface area (Å²) in [7, 11) is 0. The summed E-state index contributed by atoms with van der Waals surface area (Å²) in [5, 5.41) is 7.41. The number of aromatic amines is 1. The minimum Gasteiger partial charge on any atom is -0.282 e. The molecule has 0 aromatic carbocycles. The van der Waals surface area contributed by atoms with Crippen molar-refractivity contribution in [2.75, 3.05) is 0 Å². The van der Waals surface area contributed by atoms with Crippen molar-refractivity contribution in [1.29, 1.82) is 0 Å². The zero-order chi connectivity index (χ0) is 18.6. The summed E-state index contributed by atoms with van der Waals surface area (Å²) in [5.74, 6) is 0.155. The molecule has 0 aliphatic rings. The first-order chi connectivity index (χ1) is 13.2. The molecule has 0 unspecified atom stereocenters. The van der Waals surface area contributed by atoms with Gasteiger partial charge in [-0.25, -0.2) is 0 Å². The third-order valence-electron chi connectivity index (χ3n) is 4.85. The van der Waals surface area contributed by atoms with Crippen LogP contribution in [0, 0.1) is 13.8 Å². The van der Waals surface area contributed by atoms with Gasteiger partial charge in [0.15, 0.2) is 0 Å². The second-order valence-corrected chi connectivity index (χ2v) is 6.65. The SMILES string of the molecule is Cc1n[nH]c(C)c1-c1ncccc1CC(c1cccnc1)c1cccnc1. The van der Waals surface area contributed by atoms with Crippen LogP contribution in [-0.2, 0) is 6.42 Å². The van der Waals surface area contributed by atoms with Crippen LogP contribution < -0.4 is 0 Å². The van der Waals surface area contributed by atoms with Crippen molar-refractivity contribution in [2.24, 2.45) is 0 Å². The van der Waals surface area contributed by atoms with Gasteiger partial charge >= 0.3 is 0 Å². The van der Waals surface area contributed by atoms with Crippen LogP contribution in [-0.4, -0.2) is 25.1 Å². The predicted molar refractivity (Wildman–Crippen MR) is 105 cm³/mol. The van der Waals surface area contributed by atoms with Gasteiger partial charge in [0.1, 0.15) is 0 Å². The van der Waals surface area contributed by atoms with E-state index in [0.717, 1.165) is 29.1 Å². The maximum atomic E-state index is 4.69. The van der Waals surface area contributed by atoms with Crippen molar-refractivity contribution < 1.29 is 0 Å². The molecule has 4 heterocycles. The molecule has 134 valence electrons. The molecule has 0 saturated heterocycles. The number of aryl methyl sites for hydroxylation is 2. The Morgan fingerprint density at radius 3 is 2.11 bits per heavy atom. The van der Waals surface area contributed by atoms with Crippen LogP contribution >= 0.6 is 0 Å². The monoisotopic (exact) mass is 355 g/mol. The number of aromatic nitrogens is 5. The van der Waals surface area contributed by atoms with Crippen LogP contribution in [0.2, 0.25) is 0 Å². The number of rotatable bonds is 5. The zero-order valence-electron chi connectivity index (χ0n) is 15.4. The minimum atomic E-state index is 0.155. The molecule has 0 bridgehead atoms. The standard InChI is InChI=1S/C22H21N5/c1-15-21(16(2)27-26-15)22-17(6-5-11-25-22)12-20(18-7-3-9-23-13-18)19-8-4-10-24-14-19/h3-11,13-14,20H,12H2,1-2H3,(H,26,27). The Morgan fingerprint density at radius 2 is 1.56 bits per heavy atom. The molecule has 0 atom stereocenters. The van der Waals surface area contributed by atoms with E-state index in [2.05, 4.69) is 38.4 Å². The normalized spacial score (nSPS) is 11.1. The second kappa shape index (κ2) is 7.50. The molecule has 0 aliphatic heterocycles. The van der Waals surface area contributed by atoms with E-state index in [4.69, 9.17) is 4.98 Å². The van der Waals surface area contributed by atoms with Crippen LogP contribution in [0.25, 0.3) is 11.3 Å². The number of H-pyrrole nitrogens is 1. The highest BCUT2D eigenvalue weighted by molar-refractivity contribution is 5.68. The molecule has 5 nitrogen and oxygen atoms in total. The van der Waals surface area contributed by atoms with E-state index in [9.17, 15) is 0 Å². The van der Waals surface area contributed by atoms with Gasteiger partial charge in [0.05, 0.1) is 11.4 Å². The average molecular weight is 355 g/mol. The maximum Gasteiger partial charge on any atom is 0.0771 e. The quantitative estimate of drug-likeness (QED) is 0.581.